The van der Waals surface area contributed by atoms with Gasteiger partial charge in [-0.3, -0.25) is 4.79 Å². The number of carbonyl (C=O) groups is 1. The first-order valence-corrected chi connectivity index (χ1v) is 7.13. The predicted molar refractivity (Wildman–Crippen MR) is 76.5 cm³/mol. The average Bonchev–Trinajstić information content (AvgIpc) is 2.36. The Balaban J connectivity index is 2.38. The van der Waals surface area contributed by atoms with Crippen LogP contribution in [-0.4, -0.2) is 40.1 Å². The molecule has 0 aliphatic carbocycles. The van der Waals surface area contributed by atoms with Crippen molar-refractivity contribution in [2.24, 2.45) is 0 Å². The van der Waals surface area contributed by atoms with Crippen molar-refractivity contribution >= 4 is 17.7 Å². The van der Waals surface area contributed by atoms with Crippen LogP contribution in [0.25, 0.3) is 0 Å². The second-order valence-corrected chi connectivity index (χ2v) is 5.86. The normalized spacial score (nSPS) is 14.0. The summed E-state index contributed by atoms with van der Waals surface area (Å²) in [5.74, 6) is 0.506. The minimum Gasteiger partial charge on any atom is -0.392 e. The Labute approximate surface area is 113 Å². The Hall–Kier alpha value is -1.00. The van der Waals surface area contributed by atoms with Crippen LogP contribution in [0.3, 0.4) is 0 Å². The number of carbonyl (C=O) groups excluding carboxylic acids is 1. The van der Waals surface area contributed by atoms with E-state index in [1.165, 1.54) is 11.8 Å². The summed E-state index contributed by atoms with van der Waals surface area (Å²) in [7, 11) is 1.81. The van der Waals surface area contributed by atoms with Gasteiger partial charge in [-0.25, -0.2) is 0 Å². The molecule has 0 heterocycles. The molecule has 2 atom stereocenters. The molecule has 18 heavy (non-hydrogen) atoms. The van der Waals surface area contributed by atoms with Crippen LogP contribution >= 0.6 is 11.8 Å². The molecule has 100 valence electrons. The molecular formula is C14H21NO2S. The van der Waals surface area contributed by atoms with Crippen LogP contribution in [0.4, 0.5) is 0 Å². The molecule has 4 heteroatoms. The molecule has 1 N–H and O–H groups in total. The monoisotopic (exact) mass is 267 g/mol. The maximum atomic E-state index is 11.9. The number of thioether (sulfide) groups is 1. The van der Waals surface area contributed by atoms with Gasteiger partial charge in [-0.2, -0.15) is 0 Å². The lowest BCUT2D eigenvalue weighted by Gasteiger charge is -2.19. The summed E-state index contributed by atoms with van der Waals surface area (Å²) in [5.41, 5.74) is 1.13. The van der Waals surface area contributed by atoms with E-state index in [4.69, 9.17) is 0 Å². The van der Waals surface area contributed by atoms with Crippen molar-refractivity contribution in [3.8, 4) is 0 Å². The Kier molecular flexibility index (Phi) is 6.22. The van der Waals surface area contributed by atoms with Gasteiger partial charge in [0, 0.05) is 18.8 Å². The van der Waals surface area contributed by atoms with Gasteiger partial charge in [0.25, 0.3) is 0 Å². The van der Waals surface area contributed by atoms with Gasteiger partial charge in [-0.1, -0.05) is 37.3 Å². The average molecular weight is 267 g/mol. The second-order valence-electron chi connectivity index (χ2n) is 4.49. The van der Waals surface area contributed by atoms with Crippen LogP contribution in [0.5, 0.6) is 0 Å². The van der Waals surface area contributed by atoms with Crippen molar-refractivity contribution < 1.29 is 9.90 Å². The smallest absolute Gasteiger partial charge is 0.232 e. The molecule has 0 saturated heterocycles. The Bertz CT molecular complexity index is 367. The van der Waals surface area contributed by atoms with Crippen molar-refractivity contribution in [3.63, 3.8) is 0 Å². The topological polar surface area (TPSA) is 40.5 Å². The van der Waals surface area contributed by atoms with E-state index in [0.717, 1.165) is 5.56 Å². The third-order valence-corrected chi connectivity index (χ3v) is 4.17. The summed E-state index contributed by atoms with van der Waals surface area (Å²) in [6.07, 6.45) is -0.387. The van der Waals surface area contributed by atoms with Crippen molar-refractivity contribution in [2.75, 3.05) is 12.8 Å². The van der Waals surface area contributed by atoms with Gasteiger partial charge in [0.15, 0.2) is 0 Å². The minimum absolute atomic E-state index is 0.0825. The quantitative estimate of drug-likeness (QED) is 0.858. The number of amides is 1. The molecule has 1 amide bonds. The zero-order chi connectivity index (χ0) is 13.5. The molecule has 2 unspecified atom stereocenters. The van der Waals surface area contributed by atoms with E-state index >= 15 is 0 Å². The largest absolute Gasteiger partial charge is 0.392 e. The number of hydrogen-bond donors (Lipinski definition) is 1. The van der Waals surface area contributed by atoms with Gasteiger partial charge in [-0.15, -0.1) is 11.8 Å². The van der Waals surface area contributed by atoms with Gasteiger partial charge >= 0.3 is 0 Å². The van der Waals surface area contributed by atoms with Crippen LogP contribution < -0.4 is 0 Å². The zero-order valence-electron chi connectivity index (χ0n) is 11.2. The summed E-state index contributed by atoms with van der Waals surface area (Å²) in [4.78, 5) is 13.6. The van der Waals surface area contributed by atoms with Crippen LogP contribution in [-0.2, 0) is 11.3 Å². The first kappa shape index (κ1) is 15.1. The maximum absolute atomic E-state index is 11.9. The molecule has 0 saturated carbocycles. The summed E-state index contributed by atoms with van der Waals surface area (Å²) < 4.78 is 0. The van der Waals surface area contributed by atoms with Gasteiger partial charge in [0.2, 0.25) is 5.91 Å². The first-order chi connectivity index (χ1) is 8.50. The fourth-order valence-electron chi connectivity index (χ4n) is 1.40. The summed E-state index contributed by atoms with van der Waals surface area (Å²) in [5, 5.41) is 9.44. The lowest BCUT2D eigenvalue weighted by atomic mass is 10.2. The molecule has 0 aliphatic rings. The molecule has 3 nitrogen and oxygen atoms in total. The molecule has 0 bridgehead atoms. The van der Waals surface area contributed by atoms with E-state index in [0.29, 0.717) is 12.3 Å². The fraction of sp³-hybridized carbons (Fsp3) is 0.500. The SMILES string of the molecule is CC(O)C(C)SCC(=O)N(C)Cc1ccccc1. The molecule has 0 radical (unpaired) electrons. The molecule has 0 spiro atoms. The Morgan fingerprint density at radius 3 is 2.50 bits per heavy atom. The van der Waals surface area contributed by atoms with E-state index in [1.807, 2.05) is 44.3 Å². The lowest BCUT2D eigenvalue weighted by Crippen LogP contribution is -2.29. The predicted octanol–water partition coefficient (Wildman–Crippen LogP) is 2.15. The highest BCUT2D eigenvalue weighted by Crippen LogP contribution is 2.15. The van der Waals surface area contributed by atoms with E-state index in [1.54, 1.807) is 11.8 Å². The number of rotatable bonds is 6. The molecule has 1 rings (SSSR count). The van der Waals surface area contributed by atoms with Crippen molar-refractivity contribution in [1.82, 2.24) is 4.90 Å². The minimum atomic E-state index is -0.387. The third kappa shape index (κ3) is 5.10. The number of nitrogens with zero attached hydrogens (tertiary/aromatic N) is 1. The zero-order valence-corrected chi connectivity index (χ0v) is 12.0. The van der Waals surface area contributed by atoms with Gasteiger partial charge in [0.1, 0.15) is 0 Å². The molecule has 0 fully saturated rings. The highest BCUT2D eigenvalue weighted by atomic mass is 32.2. The molecule has 1 aromatic rings. The van der Waals surface area contributed by atoms with Crippen LogP contribution in [0.2, 0.25) is 0 Å². The summed E-state index contributed by atoms with van der Waals surface area (Å²) in [6, 6.07) is 9.92. The second kappa shape index (κ2) is 7.44. The van der Waals surface area contributed by atoms with Gasteiger partial charge in [0.05, 0.1) is 11.9 Å². The summed E-state index contributed by atoms with van der Waals surface area (Å²) >= 11 is 1.49. The van der Waals surface area contributed by atoms with Gasteiger partial charge < -0.3 is 10.0 Å². The number of aliphatic hydroxyl groups is 1. The van der Waals surface area contributed by atoms with Crippen molar-refractivity contribution in [2.45, 2.75) is 31.7 Å². The summed E-state index contributed by atoms with van der Waals surface area (Å²) in [6.45, 7) is 4.30. The van der Waals surface area contributed by atoms with E-state index in [-0.39, 0.29) is 17.3 Å². The molecule has 1 aromatic carbocycles. The highest BCUT2D eigenvalue weighted by molar-refractivity contribution is 8.00. The number of benzene rings is 1. The maximum Gasteiger partial charge on any atom is 0.232 e. The van der Waals surface area contributed by atoms with Gasteiger partial charge in [-0.05, 0) is 12.5 Å². The number of hydrogen-bond acceptors (Lipinski definition) is 3. The van der Waals surface area contributed by atoms with Crippen LogP contribution in [0.15, 0.2) is 30.3 Å². The molecular weight excluding hydrogens is 246 g/mol. The van der Waals surface area contributed by atoms with Crippen LogP contribution in [0.1, 0.15) is 19.4 Å². The van der Waals surface area contributed by atoms with Crippen LogP contribution in [0, 0.1) is 0 Å². The standard InChI is InChI=1S/C14H21NO2S/c1-11(16)12(2)18-10-14(17)15(3)9-13-7-5-4-6-8-13/h4-8,11-12,16H,9-10H2,1-3H3. The third-order valence-electron chi connectivity index (χ3n) is 2.84. The highest BCUT2D eigenvalue weighted by Gasteiger charge is 2.14. The van der Waals surface area contributed by atoms with E-state index < -0.39 is 0 Å². The fourth-order valence-corrected chi connectivity index (χ4v) is 2.30. The first-order valence-electron chi connectivity index (χ1n) is 6.08. The number of aliphatic hydroxyl groups excluding tert-OH is 1. The van der Waals surface area contributed by atoms with E-state index in [2.05, 4.69) is 0 Å². The lowest BCUT2D eigenvalue weighted by molar-refractivity contribution is -0.127. The van der Waals surface area contributed by atoms with Crippen molar-refractivity contribution in [3.05, 3.63) is 35.9 Å². The Morgan fingerprint density at radius 1 is 1.33 bits per heavy atom. The van der Waals surface area contributed by atoms with Crippen molar-refractivity contribution in [1.29, 1.82) is 0 Å². The Morgan fingerprint density at radius 2 is 1.94 bits per heavy atom. The molecule has 0 aromatic heterocycles. The molecule has 0 aliphatic heterocycles. The van der Waals surface area contributed by atoms with E-state index in [9.17, 15) is 9.90 Å².